The van der Waals surface area contributed by atoms with Gasteiger partial charge in [-0.3, -0.25) is 5.32 Å². The van der Waals surface area contributed by atoms with Gasteiger partial charge in [-0.25, -0.2) is 9.78 Å². The molecule has 0 aliphatic heterocycles. The van der Waals surface area contributed by atoms with Crippen LogP contribution in [0.2, 0.25) is 0 Å². The number of ether oxygens (including phenoxy) is 1. The summed E-state index contributed by atoms with van der Waals surface area (Å²) in [6.07, 6.45) is -4.77. The lowest BCUT2D eigenvalue weighted by molar-refractivity contribution is -0.274. The molecule has 0 atom stereocenters. The van der Waals surface area contributed by atoms with Gasteiger partial charge in [-0.1, -0.05) is 0 Å². The monoisotopic (exact) mass is 392 g/mol. The number of nitrogens with zero attached hydrogens (tertiary/aromatic N) is 2. The van der Waals surface area contributed by atoms with E-state index in [1.54, 1.807) is 13.0 Å². The summed E-state index contributed by atoms with van der Waals surface area (Å²) >= 11 is 0. The van der Waals surface area contributed by atoms with E-state index in [1.165, 1.54) is 12.1 Å². The third-order valence-electron chi connectivity index (χ3n) is 3.11. The minimum absolute atomic E-state index is 0. The van der Waals surface area contributed by atoms with Crippen LogP contribution >= 0.6 is 0 Å². The fraction of sp³-hybridized carbons (Fsp3) is 0.312. The van der Waals surface area contributed by atoms with Crippen molar-refractivity contribution in [1.29, 1.82) is 0 Å². The summed E-state index contributed by atoms with van der Waals surface area (Å²) in [5.41, 5.74) is 0.933. The highest BCUT2D eigenvalue weighted by Gasteiger charge is 2.30. The van der Waals surface area contributed by atoms with Crippen molar-refractivity contribution in [3.05, 3.63) is 36.0 Å². The van der Waals surface area contributed by atoms with Gasteiger partial charge in [0.2, 0.25) is 5.95 Å². The molecule has 0 spiro atoms. The van der Waals surface area contributed by atoms with Crippen LogP contribution in [0.3, 0.4) is 0 Å². The number of hydrogen-bond acceptors (Lipinski definition) is 6. The Hall–Kier alpha value is -3.08. The molecule has 0 saturated heterocycles. The van der Waals surface area contributed by atoms with Crippen LogP contribution in [0, 0.1) is 6.92 Å². The molecule has 0 saturated carbocycles. The Kier molecular flexibility index (Phi) is 6.77. The first-order valence-electron chi connectivity index (χ1n) is 7.93. The smallest absolute Gasteiger partial charge is 0.406 e. The van der Waals surface area contributed by atoms with Gasteiger partial charge in [-0.2, -0.15) is 4.98 Å². The lowest BCUT2D eigenvalue weighted by Crippen LogP contribution is -2.22. The molecule has 1 aromatic heterocycles. The van der Waals surface area contributed by atoms with Crippen LogP contribution in [0.1, 0.15) is 11.4 Å². The SMILES string of the molecule is CNCCNc1cc(C)nc(NC(=O)Nc2ccc(OC(F)(F)F)cc2)n1.[HH].[HH].[HH].[HH]. The Morgan fingerprint density at radius 3 is 2.48 bits per heavy atom. The number of rotatable bonds is 7. The first-order chi connectivity index (χ1) is 12.7. The van der Waals surface area contributed by atoms with Gasteiger partial charge < -0.3 is 20.7 Å². The van der Waals surface area contributed by atoms with Crippen molar-refractivity contribution in [1.82, 2.24) is 15.3 Å². The molecule has 2 rings (SSSR count). The maximum atomic E-state index is 12.1. The number of likely N-dealkylation sites (N-methyl/N-ethyl adjacent to an activating group) is 1. The Morgan fingerprint density at radius 2 is 1.85 bits per heavy atom. The molecular formula is C16H27F3N6O2. The molecule has 0 fully saturated rings. The van der Waals surface area contributed by atoms with Crippen molar-refractivity contribution in [2.24, 2.45) is 0 Å². The average molecular weight is 392 g/mol. The third-order valence-corrected chi connectivity index (χ3v) is 3.11. The van der Waals surface area contributed by atoms with Crippen molar-refractivity contribution < 1.29 is 28.4 Å². The molecule has 0 aliphatic carbocycles. The van der Waals surface area contributed by atoms with E-state index in [0.29, 0.717) is 18.1 Å². The van der Waals surface area contributed by atoms with Crippen molar-refractivity contribution in [2.75, 3.05) is 36.1 Å². The van der Waals surface area contributed by atoms with Crippen LogP contribution in [-0.4, -0.2) is 42.5 Å². The number of aromatic nitrogens is 2. The Morgan fingerprint density at radius 1 is 1.15 bits per heavy atom. The number of carbonyl (C=O) groups excluding carboxylic acids is 1. The number of alkyl halides is 3. The zero-order valence-electron chi connectivity index (χ0n) is 14.6. The normalized spacial score (nSPS) is 11.0. The maximum absolute atomic E-state index is 12.1. The van der Waals surface area contributed by atoms with Crippen LogP contribution in [-0.2, 0) is 0 Å². The summed E-state index contributed by atoms with van der Waals surface area (Å²) in [4.78, 5) is 20.3. The summed E-state index contributed by atoms with van der Waals surface area (Å²) in [7, 11) is 1.83. The number of amides is 2. The second-order valence-corrected chi connectivity index (χ2v) is 5.40. The summed E-state index contributed by atoms with van der Waals surface area (Å²) in [6.45, 7) is 3.14. The highest BCUT2D eigenvalue weighted by Crippen LogP contribution is 2.24. The minimum Gasteiger partial charge on any atom is -0.406 e. The quantitative estimate of drug-likeness (QED) is 0.533. The fourth-order valence-electron chi connectivity index (χ4n) is 2.03. The molecule has 2 amide bonds. The van der Waals surface area contributed by atoms with Crippen LogP contribution in [0.5, 0.6) is 5.75 Å². The van der Waals surface area contributed by atoms with Crippen molar-refractivity contribution in [3.8, 4) is 5.75 Å². The van der Waals surface area contributed by atoms with Gasteiger partial charge in [0.1, 0.15) is 11.6 Å². The molecular weight excluding hydrogens is 365 g/mol. The zero-order valence-corrected chi connectivity index (χ0v) is 14.6. The number of benzene rings is 1. The van der Waals surface area contributed by atoms with Gasteiger partial charge in [-0.05, 0) is 38.2 Å². The average Bonchev–Trinajstić information content (AvgIpc) is 2.55. The number of anilines is 3. The van der Waals surface area contributed by atoms with Crippen LogP contribution in [0.25, 0.3) is 0 Å². The van der Waals surface area contributed by atoms with Crippen LogP contribution in [0.15, 0.2) is 30.3 Å². The van der Waals surface area contributed by atoms with E-state index < -0.39 is 12.4 Å². The topological polar surface area (TPSA) is 100 Å². The van der Waals surface area contributed by atoms with Gasteiger partial charge in [0.25, 0.3) is 0 Å². The molecule has 0 bridgehead atoms. The zero-order chi connectivity index (χ0) is 19.9. The second kappa shape index (κ2) is 9.03. The number of hydrogen-bond donors (Lipinski definition) is 4. The van der Waals surface area contributed by atoms with Crippen LogP contribution < -0.4 is 26.0 Å². The third kappa shape index (κ3) is 7.36. The van der Waals surface area contributed by atoms with Crippen molar-refractivity contribution in [2.45, 2.75) is 13.3 Å². The molecule has 11 heteroatoms. The maximum Gasteiger partial charge on any atom is 0.573 e. The van der Waals surface area contributed by atoms with E-state index in [1.807, 2.05) is 7.05 Å². The Bertz CT molecular complexity index is 785. The molecule has 1 aromatic carbocycles. The van der Waals surface area contributed by atoms with Crippen molar-refractivity contribution >= 4 is 23.5 Å². The molecule has 2 aromatic rings. The molecule has 154 valence electrons. The van der Waals surface area contributed by atoms with E-state index in [9.17, 15) is 18.0 Å². The number of halogens is 3. The molecule has 0 aliphatic rings. The number of carbonyl (C=O) groups is 1. The molecule has 27 heavy (non-hydrogen) atoms. The lowest BCUT2D eigenvalue weighted by Gasteiger charge is -2.11. The van der Waals surface area contributed by atoms with Crippen molar-refractivity contribution in [3.63, 3.8) is 0 Å². The first kappa shape index (κ1) is 20.2. The molecule has 4 N–H and O–H groups in total. The van der Waals surface area contributed by atoms with E-state index in [2.05, 4.69) is 36.0 Å². The highest BCUT2D eigenvalue weighted by atomic mass is 19.4. The van der Waals surface area contributed by atoms with E-state index in [4.69, 9.17) is 0 Å². The predicted octanol–water partition coefficient (Wildman–Crippen LogP) is 3.94. The fourth-order valence-corrected chi connectivity index (χ4v) is 2.03. The van der Waals surface area contributed by atoms with E-state index in [-0.39, 0.29) is 23.1 Å². The molecule has 8 nitrogen and oxygen atoms in total. The van der Waals surface area contributed by atoms with Gasteiger partial charge in [0.05, 0.1) is 0 Å². The van der Waals surface area contributed by atoms with E-state index >= 15 is 0 Å². The van der Waals surface area contributed by atoms with Gasteiger partial charge >= 0.3 is 12.4 Å². The van der Waals surface area contributed by atoms with Crippen LogP contribution in [0.4, 0.5) is 35.4 Å². The molecule has 1 heterocycles. The second-order valence-electron chi connectivity index (χ2n) is 5.40. The summed E-state index contributed by atoms with van der Waals surface area (Å²) in [5.74, 6) is 0.269. The number of aryl methyl sites for hydroxylation is 1. The van der Waals surface area contributed by atoms with E-state index in [0.717, 1.165) is 18.7 Å². The van der Waals surface area contributed by atoms with Gasteiger partial charge in [0.15, 0.2) is 0 Å². The molecule has 0 radical (unpaired) electrons. The Balaban J connectivity index is -0.00000196. The molecule has 0 unspecified atom stereocenters. The van der Waals surface area contributed by atoms with Gasteiger partial charge in [0, 0.05) is 36.2 Å². The number of urea groups is 1. The Labute approximate surface area is 159 Å². The first-order valence-corrected chi connectivity index (χ1v) is 7.93. The minimum atomic E-state index is -4.77. The summed E-state index contributed by atoms with van der Waals surface area (Å²) in [5, 5.41) is 11.0. The standard InChI is InChI=1S/C16H19F3N6O2.4H2/c1-10-9-13(21-8-7-20-2)24-14(22-10)25-15(26)23-11-3-5-12(6-4-11)27-16(17,18)19;;;;/h3-6,9,20H,7-8H2,1-2H3,(H3,21,22,23,24,25,26);4*1H. The largest absolute Gasteiger partial charge is 0.573 e. The predicted molar refractivity (Wildman–Crippen MR) is 103 cm³/mol. The lowest BCUT2D eigenvalue weighted by atomic mass is 10.3. The summed E-state index contributed by atoms with van der Waals surface area (Å²) in [6, 6.07) is 5.85. The highest BCUT2D eigenvalue weighted by molar-refractivity contribution is 5.98. The van der Waals surface area contributed by atoms with Gasteiger partial charge in [-0.15, -0.1) is 13.2 Å². The summed E-state index contributed by atoms with van der Waals surface area (Å²) < 4.78 is 40.2. The number of nitrogens with one attached hydrogen (secondary N) is 4.